The number of nitrogens with one attached hydrogen (secondary N) is 1. The van der Waals surface area contributed by atoms with E-state index >= 15 is 0 Å². The third kappa shape index (κ3) is 6.56. The molecule has 0 saturated carbocycles. The van der Waals surface area contributed by atoms with Gasteiger partial charge in [-0.3, -0.25) is 29.9 Å². The lowest BCUT2D eigenvalue weighted by molar-refractivity contribution is -0.385. The van der Waals surface area contributed by atoms with Crippen LogP contribution >= 0.6 is 0 Å². The maximum Gasteiger partial charge on any atom is 0.411 e. The SMILES string of the molecule is O=C(NC1CCN([C@@H]2C[C@@H](O)CN2C(=O)OCc2ccc([N+](=O)[O-])cc2)C1=O)OCc1ccc([N+](=O)[O-])cc1. The second kappa shape index (κ2) is 11.7. The fourth-order valence-corrected chi connectivity index (χ4v) is 4.41. The summed E-state index contributed by atoms with van der Waals surface area (Å²) < 4.78 is 10.4. The quantitative estimate of drug-likeness (QED) is 0.367. The molecule has 2 aromatic rings. The molecule has 15 nitrogen and oxygen atoms in total. The van der Waals surface area contributed by atoms with Crippen molar-refractivity contribution in [3.8, 4) is 0 Å². The Morgan fingerprint density at radius 3 is 2.03 bits per heavy atom. The molecule has 2 fully saturated rings. The van der Waals surface area contributed by atoms with Crippen LogP contribution in [-0.4, -0.2) is 74.2 Å². The van der Waals surface area contributed by atoms with Crippen molar-refractivity contribution in [2.45, 2.75) is 44.4 Å². The zero-order valence-electron chi connectivity index (χ0n) is 20.5. The van der Waals surface area contributed by atoms with Gasteiger partial charge in [0, 0.05) is 37.2 Å². The molecule has 2 aliphatic heterocycles. The third-order valence-electron chi connectivity index (χ3n) is 6.40. The van der Waals surface area contributed by atoms with Crippen molar-refractivity contribution in [2.75, 3.05) is 13.1 Å². The van der Waals surface area contributed by atoms with E-state index in [-0.39, 0.29) is 50.5 Å². The number of likely N-dealkylation sites (tertiary alicyclic amines) is 2. The van der Waals surface area contributed by atoms with Gasteiger partial charge in [0.2, 0.25) is 5.91 Å². The van der Waals surface area contributed by atoms with Crippen molar-refractivity contribution in [1.82, 2.24) is 15.1 Å². The predicted molar refractivity (Wildman–Crippen MR) is 131 cm³/mol. The van der Waals surface area contributed by atoms with Crippen molar-refractivity contribution >= 4 is 29.5 Å². The number of ether oxygens (including phenoxy) is 2. The fourth-order valence-electron chi connectivity index (χ4n) is 4.41. The Hall–Kier alpha value is -4.79. The van der Waals surface area contributed by atoms with Crippen LogP contribution in [0.25, 0.3) is 0 Å². The summed E-state index contributed by atoms with van der Waals surface area (Å²) in [4.78, 5) is 61.1. The van der Waals surface area contributed by atoms with Crippen molar-refractivity contribution in [1.29, 1.82) is 0 Å². The molecule has 206 valence electrons. The molecule has 0 spiro atoms. The summed E-state index contributed by atoms with van der Waals surface area (Å²) >= 11 is 0. The Kier molecular flexibility index (Phi) is 8.19. The van der Waals surface area contributed by atoms with Crippen LogP contribution < -0.4 is 5.32 Å². The summed E-state index contributed by atoms with van der Waals surface area (Å²) in [6.45, 7) is -0.148. The molecule has 39 heavy (non-hydrogen) atoms. The Labute approximate surface area is 221 Å². The molecule has 2 saturated heterocycles. The molecule has 0 bridgehead atoms. The van der Waals surface area contributed by atoms with E-state index in [1.54, 1.807) is 0 Å². The Bertz CT molecular complexity index is 1250. The highest BCUT2D eigenvalue weighted by Crippen LogP contribution is 2.27. The molecule has 3 atom stereocenters. The van der Waals surface area contributed by atoms with Crippen LogP contribution in [0.4, 0.5) is 21.0 Å². The first kappa shape index (κ1) is 27.3. The molecule has 15 heteroatoms. The van der Waals surface area contributed by atoms with Crippen molar-refractivity contribution < 1.29 is 38.8 Å². The van der Waals surface area contributed by atoms with Gasteiger partial charge in [-0.1, -0.05) is 0 Å². The number of hydrogen-bond acceptors (Lipinski definition) is 10. The van der Waals surface area contributed by atoms with Crippen molar-refractivity contribution in [3.05, 3.63) is 79.9 Å². The molecule has 2 N–H and O–H groups in total. The van der Waals surface area contributed by atoms with Gasteiger partial charge < -0.3 is 24.8 Å². The Morgan fingerprint density at radius 1 is 0.949 bits per heavy atom. The van der Waals surface area contributed by atoms with Gasteiger partial charge in [-0.2, -0.15) is 0 Å². The third-order valence-corrected chi connectivity index (χ3v) is 6.40. The first-order chi connectivity index (χ1) is 18.6. The van der Waals surface area contributed by atoms with Gasteiger partial charge in [-0.25, -0.2) is 9.59 Å². The summed E-state index contributed by atoms with van der Waals surface area (Å²) in [6.07, 6.45) is -2.91. The number of aliphatic hydroxyl groups is 1. The maximum atomic E-state index is 13.0. The molecule has 2 heterocycles. The van der Waals surface area contributed by atoms with Gasteiger partial charge >= 0.3 is 12.2 Å². The number of carbonyl (C=O) groups excluding carboxylic acids is 3. The number of nitro groups is 2. The minimum absolute atomic E-state index is 0.0527. The fraction of sp³-hybridized carbons (Fsp3) is 0.375. The summed E-state index contributed by atoms with van der Waals surface area (Å²) in [5.74, 6) is -0.449. The zero-order chi connectivity index (χ0) is 28.1. The monoisotopic (exact) mass is 543 g/mol. The number of benzene rings is 2. The van der Waals surface area contributed by atoms with Gasteiger partial charge in [0.25, 0.3) is 11.4 Å². The normalized spacial score (nSPS) is 20.5. The number of β-amino-alcohol motifs (C(OH)–C–C–N with tert-alkyl or cyclic N) is 1. The van der Waals surface area contributed by atoms with Crippen LogP contribution in [0.1, 0.15) is 24.0 Å². The number of aliphatic hydroxyl groups excluding tert-OH is 1. The lowest BCUT2D eigenvalue weighted by Crippen LogP contribution is -2.50. The van der Waals surface area contributed by atoms with Gasteiger partial charge in [-0.15, -0.1) is 0 Å². The number of nitro benzene ring substituents is 2. The van der Waals surface area contributed by atoms with Crippen LogP contribution in [0.3, 0.4) is 0 Å². The van der Waals surface area contributed by atoms with E-state index in [0.717, 1.165) is 0 Å². The van der Waals surface area contributed by atoms with Gasteiger partial charge in [0.1, 0.15) is 25.4 Å². The maximum absolute atomic E-state index is 13.0. The zero-order valence-corrected chi connectivity index (χ0v) is 20.5. The molecule has 4 rings (SSSR count). The molecule has 2 aliphatic rings. The highest BCUT2D eigenvalue weighted by molar-refractivity contribution is 5.88. The highest BCUT2D eigenvalue weighted by atomic mass is 16.6. The molecule has 0 aliphatic carbocycles. The molecule has 3 amide bonds. The van der Waals surface area contributed by atoms with E-state index in [1.165, 1.54) is 58.3 Å². The average Bonchev–Trinajstić information content (AvgIpc) is 3.48. The number of carbonyl (C=O) groups is 3. The summed E-state index contributed by atoms with van der Waals surface area (Å²) in [5.41, 5.74) is 0.858. The van der Waals surface area contributed by atoms with Crippen molar-refractivity contribution in [3.63, 3.8) is 0 Å². The number of rotatable bonds is 8. The minimum atomic E-state index is -0.898. The first-order valence-corrected chi connectivity index (χ1v) is 11.9. The molecule has 0 radical (unpaired) electrons. The molecule has 1 unspecified atom stereocenters. The van der Waals surface area contributed by atoms with Crippen LogP contribution in [-0.2, 0) is 27.5 Å². The second-order valence-electron chi connectivity index (χ2n) is 9.02. The predicted octanol–water partition coefficient (Wildman–Crippen LogP) is 2.06. The largest absolute Gasteiger partial charge is 0.445 e. The smallest absolute Gasteiger partial charge is 0.411 e. The summed E-state index contributed by atoms with van der Waals surface area (Å²) in [7, 11) is 0. The van der Waals surface area contributed by atoms with Crippen LogP contribution in [0.15, 0.2) is 48.5 Å². The van der Waals surface area contributed by atoms with Gasteiger partial charge in [-0.05, 0) is 41.8 Å². The summed E-state index contributed by atoms with van der Waals surface area (Å²) in [5, 5.41) is 34.2. The van der Waals surface area contributed by atoms with E-state index in [1.807, 2.05) is 0 Å². The minimum Gasteiger partial charge on any atom is -0.445 e. The Morgan fingerprint density at radius 2 is 1.49 bits per heavy atom. The lowest BCUT2D eigenvalue weighted by Gasteiger charge is -2.31. The van der Waals surface area contributed by atoms with E-state index in [4.69, 9.17) is 9.47 Å². The molecular weight excluding hydrogens is 518 g/mol. The number of nitrogens with zero attached hydrogens (tertiary/aromatic N) is 4. The number of hydrogen-bond donors (Lipinski definition) is 2. The molecular formula is C24H25N5O10. The first-order valence-electron chi connectivity index (χ1n) is 11.9. The van der Waals surface area contributed by atoms with E-state index in [2.05, 4.69) is 5.32 Å². The summed E-state index contributed by atoms with van der Waals surface area (Å²) in [6, 6.07) is 10.1. The molecule has 2 aromatic carbocycles. The number of non-ortho nitro benzene ring substituents is 2. The average molecular weight is 543 g/mol. The lowest BCUT2D eigenvalue weighted by atomic mass is 10.2. The van der Waals surface area contributed by atoms with Crippen LogP contribution in [0.5, 0.6) is 0 Å². The molecule has 0 aromatic heterocycles. The highest BCUT2D eigenvalue weighted by Gasteiger charge is 2.45. The van der Waals surface area contributed by atoms with E-state index in [0.29, 0.717) is 11.1 Å². The van der Waals surface area contributed by atoms with Crippen LogP contribution in [0, 0.1) is 20.2 Å². The standard InChI is InChI=1S/C24H25N5O10/c30-19-11-21(27(12-19)24(33)39-14-16-3-7-18(8-4-16)29(36)37)26-10-9-20(22(26)31)25-23(32)38-13-15-1-5-17(6-2-15)28(34)35/h1-8,19-21,30H,9-14H2,(H,25,32)/t19-,20?,21+/m1/s1. The van der Waals surface area contributed by atoms with Crippen molar-refractivity contribution in [2.24, 2.45) is 0 Å². The van der Waals surface area contributed by atoms with Gasteiger partial charge in [0.15, 0.2) is 0 Å². The number of alkyl carbamates (subject to hydrolysis) is 1. The second-order valence-corrected chi connectivity index (χ2v) is 9.02. The Balaban J connectivity index is 1.29. The number of amides is 3. The van der Waals surface area contributed by atoms with Gasteiger partial charge in [0.05, 0.1) is 22.5 Å². The van der Waals surface area contributed by atoms with Crippen LogP contribution in [0.2, 0.25) is 0 Å². The topological polar surface area (TPSA) is 195 Å². The van der Waals surface area contributed by atoms with E-state index < -0.39 is 46.3 Å². The van der Waals surface area contributed by atoms with E-state index in [9.17, 15) is 39.7 Å².